The number of hydrogen-bond acceptors (Lipinski definition) is 7. The fraction of sp³-hybridized carbons (Fsp3) is 0.588. The third-order valence-electron chi connectivity index (χ3n) is 4.36. The Hall–Kier alpha value is -1.73. The molecule has 0 saturated carbocycles. The van der Waals surface area contributed by atoms with Crippen molar-refractivity contribution in [1.82, 2.24) is 19.9 Å². The molecule has 0 radical (unpaired) electrons. The highest BCUT2D eigenvalue weighted by molar-refractivity contribution is 7.09. The number of nitrogens with zero attached hydrogens (tertiary/aromatic N) is 5. The monoisotopic (exact) mass is 347 g/mol. The Bertz CT molecular complexity index is 662. The van der Waals surface area contributed by atoms with E-state index in [1.807, 2.05) is 18.5 Å². The maximum Gasteiger partial charge on any atom is 0.218 e. The summed E-state index contributed by atoms with van der Waals surface area (Å²) in [5, 5.41) is 0. The number of rotatable bonds is 7. The maximum absolute atomic E-state index is 5.48. The van der Waals surface area contributed by atoms with Crippen LogP contribution in [-0.2, 0) is 6.54 Å². The lowest BCUT2D eigenvalue weighted by atomic mass is 10.1. The predicted molar refractivity (Wildman–Crippen MR) is 96.7 cm³/mol. The molecule has 0 amide bonds. The van der Waals surface area contributed by atoms with Crippen molar-refractivity contribution in [3.8, 4) is 5.88 Å². The van der Waals surface area contributed by atoms with Crippen LogP contribution in [0.15, 0.2) is 17.9 Å². The van der Waals surface area contributed by atoms with Crippen molar-refractivity contribution in [3.63, 3.8) is 0 Å². The van der Waals surface area contributed by atoms with Gasteiger partial charge in [0.25, 0.3) is 0 Å². The van der Waals surface area contributed by atoms with Crippen LogP contribution in [0, 0.1) is 12.8 Å². The lowest BCUT2D eigenvalue weighted by Gasteiger charge is -2.21. The Labute approximate surface area is 147 Å². The molecule has 7 heteroatoms. The van der Waals surface area contributed by atoms with Crippen molar-refractivity contribution >= 4 is 17.2 Å². The Morgan fingerprint density at radius 3 is 3.00 bits per heavy atom. The molecular weight excluding hydrogens is 322 g/mol. The molecule has 2 aromatic heterocycles. The molecule has 3 rings (SSSR count). The van der Waals surface area contributed by atoms with Crippen molar-refractivity contribution in [1.29, 1.82) is 0 Å². The van der Waals surface area contributed by atoms with Gasteiger partial charge in [0.15, 0.2) is 0 Å². The first-order chi connectivity index (χ1) is 11.7. The van der Waals surface area contributed by atoms with Gasteiger partial charge in [0.2, 0.25) is 5.88 Å². The van der Waals surface area contributed by atoms with E-state index in [-0.39, 0.29) is 0 Å². The predicted octanol–water partition coefficient (Wildman–Crippen LogP) is 2.60. The Balaban J connectivity index is 1.53. The summed E-state index contributed by atoms with van der Waals surface area (Å²) in [4.78, 5) is 19.0. The summed E-state index contributed by atoms with van der Waals surface area (Å²) < 4.78 is 5.48. The lowest BCUT2D eigenvalue weighted by Crippen LogP contribution is -2.28. The smallest absolute Gasteiger partial charge is 0.218 e. The summed E-state index contributed by atoms with van der Waals surface area (Å²) in [6.45, 7) is 8.83. The molecule has 1 aliphatic heterocycles. The molecular formula is C17H25N5OS. The molecule has 0 aliphatic carbocycles. The van der Waals surface area contributed by atoms with Crippen molar-refractivity contribution in [3.05, 3.63) is 28.5 Å². The summed E-state index contributed by atoms with van der Waals surface area (Å²) in [6.07, 6.45) is 2.78. The maximum atomic E-state index is 5.48. The van der Waals surface area contributed by atoms with Crippen LogP contribution in [0.25, 0.3) is 0 Å². The molecule has 24 heavy (non-hydrogen) atoms. The third-order valence-corrected chi connectivity index (χ3v) is 5.28. The first-order valence-electron chi connectivity index (χ1n) is 8.43. The van der Waals surface area contributed by atoms with E-state index in [1.54, 1.807) is 17.7 Å². The highest BCUT2D eigenvalue weighted by atomic mass is 32.1. The standard InChI is InChI=1S/C17H25N5OS/c1-4-23-17-7-16(18-11-19-17)22-6-5-14(9-22)8-21(3)10-15-13(2)20-12-24-15/h7,11-12,14H,4-6,8-10H2,1-3H3/t14-/m1/s1. The fourth-order valence-electron chi connectivity index (χ4n) is 3.15. The summed E-state index contributed by atoms with van der Waals surface area (Å²) in [6, 6.07) is 1.94. The first-order valence-corrected chi connectivity index (χ1v) is 9.31. The van der Waals surface area contributed by atoms with Gasteiger partial charge < -0.3 is 14.5 Å². The molecule has 1 aliphatic rings. The summed E-state index contributed by atoms with van der Waals surface area (Å²) in [5.41, 5.74) is 3.09. The molecule has 1 saturated heterocycles. The summed E-state index contributed by atoms with van der Waals surface area (Å²) in [7, 11) is 2.19. The zero-order chi connectivity index (χ0) is 16.9. The Morgan fingerprint density at radius 2 is 2.25 bits per heavy atom. The van der Waals surface area contributed by atoms with Gasteiger partial charge in [0, 0.05) is 37.1 Å². The second-order valence-electron chi connectivity index (χ2n) is 6.31. The lowest BCUT2D eigenvalue weighted by molar-refractivity contribution is 0.281. The minimum absolute atomic E-state index is 0.626. The van der Waals surface area contributed by atoms with Crippen LogP contribution >= 0.6 is 11.3 Å². The molecule has 6 nitrogen and oxygen atoms in total. The highest BCUT2D eigenvalue weighted by Gasteiger charge is 2.25. The van der Waals surface area contributed by atoms with Crippen LogP contribution in [0.2, 0.25) is 0 Å². The normalized spacial score (nSPS) is 17.7. The molecule has 1 fully saturated rings. The van der Waals surface area contributed by atoms with E-state index in [4.69, 9.17) is 4.74 Å². The number of aromatic nitrogens is 3. The molecule has 0 unspecified atom stereocenters. The SMILES string of the molecule is CCOc1cc(N2CC[C@H](CN(C)Cc3scnc3C)C2)ncn1. The molecule has 3 heterocycles. The van der Waals surface area contributed by atoms with Gasteiger partial charge in [-0.1, -0.05) is 0 Å². The van der Waals surface area contributed by atoms with Gasteiger partial charge in [0.1, 0.15) is 12.1 Å². The number of anilines is 1. The van der Waals surface area contributed by atoms with Crippen LogP contribution in [0.3, 0.4) is 0 Å². The Kier molecular flexibility index (Phi) is 5.63. The largest absolute Gasteiger partial charge is 0.478 e. The number of thiazole rings is 1. The second-order valence-corrected chi connectivity index (χ2v) is 7.25. The second kappa shape index (κ2) is 7.90. The van der Waals surface area contributed by atoms with Gasteiger partial charge in [-0.3, -0.25) is 0 Å². The van der Waals surface area contributed by atoms with Gasteiger partial charge in [0.05, 0.1) is 17.8 Å². The van der Waals surface area contributed by atoms with E-state index in [0.717, 1.165) is 37.7 Å². The van der Waals surface area contributed by atoms with Crippen LogP contribution in [0.5, 0.6) is 5.88 Å². The van der Waals surface area contributed by atoms with Crippen molar-refractivity contribution in [2.75, 3.05) is 38.2 Å². The summed E-state index contributed by atoms with van der Waals surface area (Å²) in [5.74, 6) is 2.29. The van der Waals surface area contributed by atoms with Crippen molar-refractivity contribution in [2.45, 2.75) is 26.8 Å². The van der Waals surface area contributed by atoms with E-state index < -0.39 is 0 Å². The zero-order valence-corrected chi connectivity index (χ0v) is 15.4. The molecule has 1 atom stereocenters. The van der Waals surface area contributed by atoms with Gasteiger partial charge >= 0.3 is 0 Å². The van der Waals surface area contributed by atoms with Crippen molar-refractivity contribution in [2.24, 2.45) is 5.92 Å². The molecule has 0 bridgehead atoms. The quantitative estimate of drug-likeness (QED) is 0.767. The van der Waals surface area contributed by atoms with E-state index >= 15 is 0 Å². The van der Waals surface area contributed by atoms with Crippen LogP contribution in [0.4, 0.5) is 5.82 Å². The topological polar surface area (TPSA) is 54.4 Å². The van der Waals surface area contributed by atoms with E-state index in [9.17, 15) is 0 Å². The molecule has 0 spiro atoms. The van der Waals surface area contributed by atoms with E-state index in [1.165, 1.54) is 11.3 Å². The van der Waals surface area contributed by atoms with Gasteiger partial charge in [-0.05, 0) is 33.2 Å². The first kappa shape index (κ1) is 17.1. The number of hydrogen-bond donors (Lipinski definition) is 0. The van der Waals surface area contributed by atoms with Crippen LogP contribution < -0.4 is 9.64 Å². The summed E-state index contributed by atoms with van der Waals surface area (Å²) >= 11 is 1.75. The van der Waals surface area contributed by atoms with Crippen LogP contribution in [-0.4, -0.2) is 53.1 Å². The molecule has 130 valence electrons. The Morgan fingerprint density at radius 1 is 1.38 bits per heavy atom. The van der Waals surface area contributed by atoms with Gasteiger partial charge in [-0.2, -0.15) is 0 Å². The highest BCUT2D eigenvalue weighted by Crippen LogP contribution is 2.25. The average molecular weight is 347 g/mol. The van der Waals surface area contributed by atoms with Crippen LogP contribution in [0.1, 0.15) is 23.9 Å². The van der Waals surface area contributed by atoms with E-state index in [2.05, 4.69) is 38.7 Å². The van der Waals surface area contributed by atoms with E-state index in [0.29, 0.717) is 18.4 Å². The van der Waals surface area contributed by atoms with Gasteiger partial charge in [-0.15, -0.1) is 11.3 Å². The van der Waals surface area contributed by atoms with Crippen molar-refractivity contribution < 1.29 is 4.74 Å². The fourth-order valence-corrected chi connectivity index (χ4v) is 4.00. The minimum Gasteiger partial charge on any atom is -0.478 e. The molecule has 2 aromatic rings. The molecule has 0 N–H and O–H groups in total. The number of ether oxygens (including phenoxy) is 1. The number of aryl methyl sites for hydroxylation is 1. The molecule has 0 aromatic carbocycles. The van der Waals surface area contributed by atoms with Gasteiger partial charge in [-0.25, -0.2) is 15.0 Å². The average Bonchev–Trinajstić information content (AvgIpc) is 3.18. The zero-order valence-electron chi connectivity index (χ0n) is 14.6. The minimum atomic E-state index is 0.626. The third kappa shape index (κ3) is 4.21.